The predicted octanol–water partition coefficient (Wildman–Crippen LogP) is 2.75. The van der Waals surface area contributed by atoms with E-state index >= 15 is 0 Å². The van der Waals surface area contributed by atoms with Crippen molar-refractivity contribution in [2.45, 2.75) is 6.42 Å². The molecule has 102 valence electrons. The number of carbonyl (C=O) groups excluding carboxylic acids is 1. The van der Waals surface area contributed by atoms with E-state index in [2.05, 4.69) is 0 Å². The Morgan fingerprint density at radius 1 is 1.20 bits per heavy atom. The van der Waals surface area contributed by atoms with Crippen LogP contribution in [0.4, 0.5) is 20.2 Å². The highest BCUT2D eigenvalue weighted by atomic mass is 19.1. The zero-order chi connectivity index (χ0) is 14.3. The zero-order valence-electron chi connectivity index (χ0n) is 10.6. The largest absolute Gasteiger partial charge is 0.397 e. The van der Waals surface area contributed by atoms with Gasteiger partial charge in [-0.2, -0.15) is 0 Å². The second-order valence-corrected chi connectivity index (χ2v) is 4.69. The summed E-state index contributed by atoms with van der Waals surface area (Å²) in [7, 11) is 0. The van der Waals surface area contributed by atoms with Gasteiger partial charge in [-0.3, -0.25) is 4.79 Å². The lowest BCUT2D eigenvalue weighted by molar-refractivity contribution is 0.0985. The molecule has 2 N–H and O–H groups in total. The van der Waals surface area contributed by atoms with Gasteiger partial charge in [0.2, 0.25) is 0 Å². The summed E-state index contributed by atoms with van der Waals surface area (Å²) < 4.78 is 26.6. The Labute approximate surface area is 114 Å². The van der Waals surface area contributed by atoms with Crippen LogP contribution in [-0.2, 0) is 6.42 Å². The van der Waals surface area contributed by atoms with Gasteiger partial charge in [-0.05, 0) is 30.2 Å². The molecule has 0 aliphatic carbocycles. The quantitative estimate of drug-likeness (QED) is 0.813. The average molecular weight is 274 g/mol. The van der Waals surface area contributed by atoms with Gasteiger partial charge in [-0.1, -0.05) is 12.1 Å². The first-order valence-corrected chi connectivity index (χ1v) is 6.22. The first-order chi connectivity index (χ1) is 9.58. The van der Waals surface area contributed by atoms with Gasteiger partial charge in [0.1, 0.15) is 11.6 Å². The van der Waals surface area contributed by atoms with Crippen LogP contribution in [0.3, 0.4) is 0 Å². The number of rotatable bonds is 1. The summed E-state index contributed by atoms with van der Waals surface area (Å²) in [6.45, 7) is 0.444. The molecular formula is C15H12F2N2O. The molecule has 1 aliphatic heterocycles. The molecule has 0 atom stereocenters. The highest BCUT2D eigenvalue weighted by Crippen LogP contribution is 2.34. The fourth-order valence-electron chi connectivity index (χ4n) is 2.50. The minimum Gasteiger partial charge on any atom is -0.397 e. The maximum atomic E-state index is 13.7. The van der Waals surface area contributed by atoms with Crippen molar-refractivity contribution in [3.8, 4) is 0 Å². The number of nitrogens with two attached hydrogens (primary N) is 1. The third kappa shape index (κ3) is 1.91. The van der Waals surface area contributed by atoms with E-state index in [0.717, 1.165) is 17.7 Å². The number of halogens is 2. The van der Waals surface area contributed by atoms with E-state index in [4.69, 9.17) is 5.73 Å². The summed E-state index contributed by atoms with van der Waals surface area (Å²) in [4.78, 5) is 13.8. The van der Waals surface area contributed by atoms with Crippen molar-refractivity contribution in [3.63, 3.8) is 0 Å². The van der Waals surface area contributed by atoms with Gasteiger partial charge in [-0.15, -0.1) is 0 Å². The highest BCUT2D eigenvalue weighted by molar-refractivity contribution is 6.09. The van der Waals surface area contributed by atoms with Crippen LogP contribution in [-0.4, -0.2) is 12.5 Å². The number of nitrogens with zero attached hydrogens (tertiary/aromatic N) is 1. The number of fused-ring (bicyclic) bond motifs is 1. The Morgan fingerprint density at radius 3 is 2.75 bits per heavy atom. The number of carbonyl (C=O) groups is 1. The third-order valence-electron chi connectivity index (χ3n) is 3.43. The van der Waals surface area contributed by atoms with Crippen molar-refractivity contribution in [1.29, 1.82) is 0 Å². The fourth-order valence-corrected chi connectivity index (χ4v) is 2.50. The van der Waals surface area contributed by atoms with E-state index in [9.17, 15) is 13.6 Å². The van der Waals surface area contributed by atoms with Crippen LogP contribution in [0.1, 0.15) is 15.9 Å². The standard InChI is InChI=1S/C15H12F2N2O/c16-10-4-5-11(12(17)8-10)15(20)19-7-6-9-2-1-3-13(18)14(9)19/h1-5,8H,6-7,18H2. The summed E-state index contributed by atoms with van der Waals surface area (Å²) in [5, 5.41) is 0. The molecule has 5 heteroatoms. The Balaban J connectivity index is 2.02. The Kier molecular flexibility index (Phi) is 2.89. The number of hydrogen-bond acceptors (Lipinski definition) is 2. The van der Waals surface area contributed by atoms with Crippen LogP contribution in [0.5, 0.6) is 0 Å². The van der Waals surface area contributed by atoms with E-state index in [1.165, 1.54) is 4.90 Å². The third-order valence-corrected chi connectivity index (χ3v) is 3.43. The van der Waals surface area contributed by atoms with Crippen LogP contribution >= 0.6 is 0 Å². The minimum absolute atomic E-state index is 0.150. The lowest BCUT2D eigenvalue weighted by Crippen LogP contribution is -2.30. The lowest BCUT2D eigenvalue weighted by atomic mass is 10.1. The van der Waals surface area contributed by atoms with E-state index in [-0.39, 0.29) is 5.56 Å². The number of anilines is 2. The van der Waals surface area contributed by atoms with Gasteiger partial charge in [0, 0.05) is 12.6 Å². The highest BCUT2D eigenvalue weighted by Gasteiger charge is 2.28. The number of benzene rings is 2. The van der Waals surface area contributed by atoms with Gasteiger partial charge in [-0.25, -0.2) is 8.78 Å². The van der Waals surface area contributed by atoms with Crippen LogP contribution in [0.15, 0.2) is 36.4 Å². The van der Waals surface area contributed by atoms with E-state index in [1.807, 2.05) is 12.1 Å². The molecule has 0 unspecified atom stereocenters. The Morgan fingerprint density at radius 2 is 2.00 bits per heavy atom. The van der Waals surface area contributed by atoms with Crippen LogP contribution in [0, 0.1) is 11.6 Å². The van der Waals surface area contributed by atoms with Crippen LogP contribution < -0.4 is 10.6 Å². The van der Waals surface area contributed by atoms with Crippen molar-refractivity contribution in [2.24, 2.45) is 0 Å². The molecule has 0 radical (unpaired) electrons. The molecule has 0 saturated heterocycles. The summed E-state index contributed by atoms with van der Waals surface area (Å²) in [6, 6.07) is 8.34. The SMILES string of the molecule is Nc1cccc2c1N(C(=O)c1ccc(F)cc1F)CC2. The molecule has 20 heavy (non-hydrogen) atoms. The van der Waals surface area contributed by atoms with Gasteiger partial charge in [0.25, 0.3) is 5.91 Å². The van der Waals surface area contributed by atoms with Crippen molar-refractivity contribution < 1.29 is 13.6 Å². The van der Waals surface area contributed by atoms with Gasteiger partial charge in [0.15, 0.2) is 0 Å². The predicted molar refractivity (Wildman–Crippen MR) is 72.6 cm³/mol. The summed E-state index contributed by atoms with van der Waals surface area (Å²) in [5.74, 6) is -2.07. The second kappa shape index (κ2) is 4.59. The molecular weight excluding hydrogens is 262 g/mol. The molecule has 0 bridgehead atoms. The first kappa shape index (κ1) is 12.6. The number of para-hydroxylation sites is 1. The molecule has 0 fully saturated rings. The van der Waals surface area contributed by atoms with Crippen molar-refractivity contribution in [1.82, 2.24) is 0 Å². The molecule has 0 spiro atoms. The smallest absolute Gasteiger partial charge is 0.261 e. The molecule has 0 saturated carbocycles. The number of hydrogen-bond donors (Lipinski definition) is 1. The molecule has 2 aromatic rings. The lowest BCUT2D eigenvalue weighted by Gasteiger charge is -2.19. The molecule has 0 aromatic heterocycles. The molecule has 3 nitrogen and oxygen atoms in total. The molecule has 1 aliphatic rings. The summed E-state index contributed by atoms with van der Waals surface area (Å²) in [6.07, 6.45) is 0.676. The van der Waals surface area contributed by atoms with Crippen molar-refractivity contribution in [2.75, 3.05) is 17.2 Å². The maximum Gasteiger partial charge on any atom is 0.261 e. The summed E-state index contributed by atoms with van der Waals surface area (Å²) in [5.41, 5.74) is 7.81. The van der Waals surface area contributed by atoms with Gasteiger partial charge in [0.05, 0.1) is 16.9 Å². The number of amides is 1. The second-order valence-electron chi connectivity index (χ2n) is 4.69. The zero-order valence-corrected chi connectivity index (χ0v) is 10.6. The number of nitrogen functional groups attached to an aromatic ring is 1. The van der Waals surface area contributed by atoms with E-state index in [1.54, 1.807) is 6.07 Å². The van der Waals surface area contributed by atoms with E-state index < -0.39 is 17.5 Å². The maximum absolute atomic E-state index is 13.7. The van der Waals surface area contributed by atoms with Crippen molar-refractivity contribution in [3.05, 3.63) is 59.2 Å². The van der Waals surface area contributed by atoms with Gasteiger partial charge >= 0.3 is 0 Å². The molecule has 2 aromatic carbocycles. The molecule has 3 rings (SSSR count). The van der Waals surface area contributed by atoms with Gasteiger partial charge < -0.3 is 10.6 Å². The minimum atomic E-state index is -0.863. The van der Waals surface area contributed by atoms with E-state index in [0.29, 0.717) is 30.4 Å². The Hall–Kier alpha value is -2.43. The molecule has 1 heterocycles. The topological polar surface area (TPSA) is 46.3 Å². The summed E-state index contributed by atoms with van der Waals surface area (Å²) >= 11 is 0. The average Bonchev–Trinajstić information content (AvgIpc) is 2.83. The van der Waals surface area contributed by atoms with Crippen molar-refractivity contribution >= 4 is 17.3 Å². The van der Waals surface area contributed by atoms with Crippen LogP contribution in [0.25, 0.3) is 0 Å². The molecule has 1 amide bonds. The first-order valence-electron chi connectivity index (χ1n) is 6.22. The normalized spacial score (nSPS) is 13.4. The van der Waals surface area contributed by atoms with Crippen LogP contribution in [0.2, 0.25) is 0 Å². The Bertz CT molecular complexity index is 700. The fraction of sp³-hybridized carbons (Fsp3) is 0.133. The monoisotopic (exact) mass is 274 g/mol.